The van der Waals surface area contributed by atoms with Crippen molar-refractivity contribution in [3.8, 4) is 5.75 Å². The maximum absolute atomic E-state index is 14.4. The number of alkyl halides is 1. The normalized spacial score (nSPS) is 20.3. The van der Waals surface area contributed by atoms with Crippen molar-refractivity contribution >= 4 is 17.9 Å². The molecule has 0 bridgehead atoms. The zero-order valence-corrected chi connectivity index (χ0v) is 21.5. The molecule has 0 radical (unpaired) electrons. The van der Waals surface area contributed by atoms with E-state index < -0.39 is 29.7 Å². The van der Waals surface area contributed by atoms with Crippen molar-refractivity contribution in [3.05, 3.63) is 65.0 Å². The van der Waals surface area contributed by atoms with Crippen LogP contribution in [-0.4, -0.2) is 58.7 Å². The third-order valence-electron chi connectivity index (χ3n) is 6.41. The summed E-state index contributed by atoms with van der Waals surface area (Å²) >= 11 is 0. The van der Waals surface area contributed by atoms with E-state index in [0.29, 0.717) is 35.3 Å². The lowest BCUT2D eigenvalue weighted by molar-refractivity contribution is 0.0213. The van der Waals surface area contributed by atoms with Gasteiger partial charge in [-0.3, -0.25) is 19.4 Å². The lowest BCUT2D eigenvalue weighted by Crippen LogP contribution is -2.37. The monoisotopic (exact) mass is 514 g/mol. The fourth-order valence-electron chi connectivity index (χ4n) is 4.74. The standard InChI is InChI=1S/C28H32F2N2O5/c1-17(8-7-13-31-25(33)20-9-5-6-10-21(20)26(31)34)36-24-12-11-18(29)14-22(24)23-15-19(30)16-32(23)27(35)37-28(2,3)4/h5-6,9-12,14,17,19,23H,7-8,13,15-16H2,1-4H3/t17?,19-,23+/m0/s1. The Morgan fingerprint density at radius 2 is 1.76 bits per heavy atom. The third-order valence-corrected chi connectivity index (χ3v) is 6.41. The number of hydrogen-bond acceptors (Lipinski definition) is 5. The minimum atomic E-state index is -1.27. The van der Waals surface area contributed by atoms with Crippen LogP contribution in [0.2, 0.25) is 0 Å². The largest absolute Gasteiger partial charge is 0.490 e. The summed E-state index contributed by atoms with van der Waals surface area (Å²) in [6.45, 7) is 7.10. The van der Waals surface area contributed by atoms with E-state index in [-0.39, 0.29) is 37.4 Å². The van der Waals surface area contributed by atoms with Gasteiger partial charge in [-0.05, 0) is 70.9 Å². The van der Waals surface area contributed by atoms with Crippen LogP contribution in [-0.2, 0) is 4.74 Å². The molecule has 2 heterocycles. The predicted octanol–water partition coefficient (Wildman–Crippen LogP) is 5.69. The van der Waals surface area contributed by atoms with Crippen LogP contribution >= 0.6 is 0 Å². The van der Waals surface area contributed by atoms with Crippen molar-refractivity contribution < 1.29 is 32.6 Å². The Morgan fingerprint density at radius 1 is 1.11 bits per heavy atom. The molecule has 9 heteroatoms. The average molecular weight is 515 g/mol. The van der Waals surface area contributed by atoms with Crippen molar-refractivity contribution in [2.24, 2.45) is 0 Å². The van der Waals surface area contributed by atoms with E-state index in [9.17, 15) is 23.2 Å². The highest BCUT2D eigenvalue weighted by molar-refractivity contribution is 6.21. The summed E-state index contributed by atoms with van der Waals surface area (Å²) in [6.07, 6.45) is -1.27. The van der Waals surface area contributed by atoms with Crippen molar-refractivity contribution in [2.75, 3.05) is 13.1 Å². The molecule has 2 aromatic rings. The molecule has 1 fully saturated rings. The lowest BCUT2D eigenvalue weighted by Gasteiger charge is -2.30. The second kappa shape index (κ2) is 10.5. The van der Waals surface area contributed by atoms with Crippen LogP contribution < -0.4 is 4.74 Å². The topological polar surface area (TPSA) is 76.2 Å². The van der Waals surface area contributed by atoms with E-state index in [1.165, 1.54) is 28.0 Å². The third kappa shape index (κ3) is 5.92. The van der Waals surface area contributed by atoms with Crippen molar-refractivity contribution in [1.82, 2.24) is 9.80 Å². The molecule has 4 rings (SSSR count). The first kappa shape index (κ1) is 26.6. The number of ether oxygens (including phenoxy) is 2. The number of nitrogens with zero attached hydrogens (tertiary/aromatic N) is 2. The Kier molecular flexibility index (Phi) is 7.52. The first-order chi connectivity index (χ1) is 17.4. The van der Waals surface area contributed by atoms with E-state index in [2.05, 4.69) is 0 Å². The van der Waals surface area contributed by atoms with E-state index in [0.717, 1.165) is 0 Å². The molecule has 3 atom stereocenters. The summed E-state index contributed by atoms with van der Waals surface area (Å²) in [6, 6.07) is 9.99. The minimum Gasteiger partial charge on any atom is -0.490 e. The number of halogens is 2. The van der Waals surface area contributed by atoms with Gasteiger partial charge in [0.1, 0.15) is 23.3 Å². The summed E-state index contributed by atoms with van der Waals surface area (Å²) in [5, 5.41) is 0. The van der Waals surface area contributed by atoms with Crippen LogP contribution in [0, 0.1) is 5.82 Å². The van der Waals surface area contributed by atoms with Gasteiger partial charge in [-0.1, -0.05) is 12.1 Å². The Balaban J connectivity index is 1.42. The van der Waals surface area contributed by atoms with E-state index in [4.69, 9.17) is 9.47 Å². The van der Waals surface area contributed by atoms with Gasteiger partial charge in [0, 0.05) is 18.5 Å². The number of rotatable bonds is 7. The molecule has 1 saturated heterocycles. The molecule has 198 valence electrons. The van der Waals surface area contributed by atoms with Crippen molar-refractivity contribution in [1.29, 1.82) is 0 Å². The van der Waals surface area contributed by atoms with Gasteiger partial charge in [-0.2, -0.15) is 0 Å². The molecule has 7 nitrogen and oxygen atoms in total. The number of benzene rings is 2. The molecule has 0 N–H and O–H groups in total. The van der Waals surface area contributed by atoms with Gasteiger partial charge in [-0.15, -0.1) is 0 Å². The fourth-order valence-corrected chi connectivity index (χ4v) is 4.74. The van der Waals surface area contributed by atoms with Gasteiger partial charge in [0.2, 0.25) is 0 Å². The van der Waals surface area contributed by atoms with Gasteiger partial charge >= 0.3 is 6.09 Å². The summed E-state index contributed by atoms with van der Waals surface area (Å²) in [5.41, 5.74) is 0.430. The molecule has 37 heavy (non-hydrogen) atoms. The predicted molar refractivity (Wildman–Crippen MR) is 133 cm³/mol. The highest BCUT2D eigenvalue weighted by Gasteiger charge is 2.40. The highest BCUT2D eigenvalue weighted by atomic mass is 19.1. The molecule has 2 aliphatic rings. The van der Waals surface area contributed by atoms with Gasteiger partial charge in [0.05, 0.1) is 29.8 Å². The smallest absolute Gasteiger partial charge is 0.410 e. The SMILES string of the molecule is CC(CCCN1C(=O)c2ccccc2C1=O)Oc1ccc(F)cc1[C@H]1C[C@H](F)CN1C(=O)OC(C)(C)C. The molecule has 0 spiro atoms. The first-order valence-electron chi connectivity index (χ1n) is 12.5. The van der Waals surface area contributed by atoms with Crippen LogP contribution in [0.1, 0.15) is 79.3 Å². The maximum Gasteiger partial charge on any atom is 0.410 e. The number of hydrogen-bond donors (Lipinski definition) is 0. The molecule has 0 saturated carbocycles. The number of carbonyl (C=O) groups excluding carboxylic acids is 3. The quantitative estimate of drug-likeness (QED) is 0.444. The molecule has 2 aliphatic heterocycles. The fraction of sp³-hybridized carbons (Fsp3) is 0.464. The summed E-state index contributed by atoms with van der Waals surface area (Å²) in [4.78, 5) is 40.4. The van der Waals surface area contributed by atoms with Gasteiger partial charge in [0.15, 0.2) is 0 Å². The Morgan fingerprint density at radius 3 is 2.38 bits per heavy atom. The molecule has 2 aromatic carbocycles. The van der Waals surface area contributed by atoms with E-state index in [1.807, 2.05) is 6.92 Å². The van der Waals surface area contributed by atoms with E-state index in [1.54, 1.807) is 45.0 Å². The van der Waals surface area contributed by atoms with Gasteiger partial charge < -0.3 is 9.47 Å². The molecule has 0 aliphatic carbocycles. The van der Waals surface area contributed by atoms with Crippen molar-refractivity contribution in [2.45, 2.75) is 70.9 Å². The van der Waals surface area contributed by atoms with Crippen LogP contribution in [0.3, 0.4) is 0 Å². The molecular weight excluding hydrogens is 482 g/mol. The second-order valence-corrected chi connectivity index (χ2v) is 10.5. The van der Waals surface area contributed by atoms with Crippen LogP contribution in [0.15, 0.2) is 42.5 Å². The lowest BCUT2D eigenvalue weighted by atomic mass is 10.0. The highest BCUT2D eigenvalue weighted by Crippen LogP contribution is 2.40. The van der Waals surface area contributed by atoms with Crippen molar-refractivity contribution in [3.63, 3.8) is 0 Å². The maximum atomic E-state index is 14.4. The summed E-state index contributed by atoms with van der Waals surface area (Å²) < 4.78 is 40.2. The zero-order valence-electron chi connectivity index (χ0n) is 21.5. The first-order valence-corrected chi connectivity index (χ1v) is 12.5. The van der Waals surface area contributed by atoms with Crippen LogP contribution in [0.4, 0.5) is 13.6 Å². The number of amides is 3. The van der Waals surface area contributed by atoms with Gasteiger partial charge in [0.25, 0.3) is 11.8 Å². The van der Waals surface area contributed by atoms with E-state index >= 15 is 0 Å². The Labute approximate surface area is 215 Å². The van der Waals surface area contributed by atoms with Crippen LogP contribution in [0.25, 0.3) is 0 Å². The van der Waals surface area contributed by atoms with Gasteiger partial charge in [-0.25, -0.2) is 13.6 Å². The van der Waals surface area contributed by atoms with Crippen LogP contribution in [0.5, 0.6) is 5.75 Å². The second-order valence-electron chi connectivity index (χ2n) is 10.5. The summed E-state index contributed by atoms with van der Waals surface area (Å²) in [5.74, 6) is -0.784. The number of likely N-dealkylation sites (tertiary alicyclic amines) is 1. The molecular formula is C28H32F2N2O5. The zero-order chi connectivity index (χ0) is 26.9. The number of imide groups is 1. The molecule has 3 amide bonds. The average Bonchev–Trinajstić information content (AvgIpc) is 3.33. The number of fused-ring (bicyclic) bond motifs is 1. The Bertz CT molecular complexity index is 1160. The summed E-state index contributed by atoms with van der Waals surface area (Å²) in [7, 11) is 0. The molecule has 0 aromatic heterocycles. The minimum absolute atomic E-state index is 0.00712. The number of carbonyl (C=O) groups is 3. The molecule has 1 unspecified atom stereocenters. The Hall–Kier alpha value is -3.49.